The molecule has 0 saturated heterocycles. The molecule has 0 saturated carbocycles. The zero-order valence-electron chi connectivity index (χ0n) is 11.2. The van der Waals surface area contributed by atoms with Gasteiger partial charge in [-0.2, -0.15) is 25.0 Å². The molecule has 114 valence electrons. The van der Waals surface area contributed by atoms with E-state index in [1.165, 1.54) is 0 Å². The molecule has 0 fully saturated rings. The molecule has 2 aromatic rings. The molecule has 0 radical (unpaired) electrons. The van der Waals surface area contributed by atoms with E-state index >= 15 is 0 Å². The number of anilines is 2. The second kappa shape index (κ2) is 5.99. The van der Waals surface area contributed by atoms with Crippen molar-refractivity contribution >= 4 is 24.0 Å². The summed E-state index contributed by atoms with van der Waals surface area (Å²) < 4.78 is 0. The molecule has 0 aliphatic carbocycles. The Kier molecular flexibility index (Phi) is 4.11. The molecule has 22 heavy (non-hydrogen) atoms. The maximum atomic E-state index is 11.1. The third-order valence-electron chi connectivity index (χ3n) is 2.55. The molecule has 0 bridgehead atoms. The Balaban J connectivity index is 2.58. The van der Waals surface area contributed by atoms with Crippen molar-refractivity contribution < 1.29 is 9.59 Å². The number of hydrazine groups is 2. The number of urea groups is 2. The number of benzene rings is 1. The van der Waals surface area contributed by atoms with Gasteiger partial charge in [-0.3, -0.25) is 0 Å². The van der Waals surface area contributed by atoms with Gasteiger partial charge in [-0.15, -0.1) is 0 Å². The van der Waals surface area contributed by atoms with E-state index in [1.807, 2.05) is 0 Å². The van der Waals surface area contributed by atoms with E-state index in [0.717, 1.165) is 0 Å². The van der Waals surface area contributed by atoms with Crippen LogP contribution in [-0.2, 0) is 0 Å². The molecule has 0 unspecified atom stereocenters. The topological polar surface area (TPSA) is 183 Å². The second-order valence-corrected chi connectivity index (χ2v) is 4.04. The van der Waals surface area contributed by atoms with Gasteiger partial charge in [0, 0.05) is 5.56 Å². The minimum Gasteiger partial charge on any atom is -0.350 e. The number of nitrogens with zero attached hydrogens (tertiary/aromatic N) is 5. The Morgan fingerprint density at radius 1 is 0.818 bits per heavy atom. The fourth-order valence-electron chi connectivity index (χ4n) is 1.48. The minimum absolute atomic E-state index is 0.133. The van der Waals surface area contributed by atoms with Gasteiger partial charge in [0.15, 0.2) is 5.82 Å². The smallest absolute Gasteiger partial charge is 0.336 e. The van der Waals surface area contributed by atoms with E-state index in [4.69, 9.17) is 23.2 Å². The highest BCUT2D eigenvalue weighted by Gasteiger charge is 2.19. The molecule has 4 amide bonds. The van der Waals surface area contributed by atoms with E-state index in [0.29, 0.717) is 15.6 Å². The Morgan fingerprint density at radius 2 is 1.27 bits per heavy atom. The molecule has 1 aromatic carbocycles. The molecular formula is C11H13N9O2. The van der Waals surface area contributed by atoms with E-state index in [9.17, 15) is 9.59 Å². The van der Waals surface area contributed by atoms with E-state index < -0.39 is 12.1 Å². The van der Waals surface area contributed by atoms with Crippen molar-refractivity contribution in [2.45, 2.75) is 0 Å². The molecule has 1 aromatic heterocycles. The summed E-state index contributed by atoms with van der Waals surface area (Å²) in [4.78, 5) is 34.1. The quantitative estimate of drug-likeness (QED) is 0.320. The lowest BCUT2D eigenvalue weighted by molar-refractivity contribution is 0.253. The van der Waals surface area contributed by atoms with Gasteiger partial charge >= 0.3 is 12.1 Å². The van der Waals surface area contributed by atoms with Gasteiger partial charge in [-0.05, 0) is 0 Å². The van der Waals surface area contributed by atoms with Crippen LogP contribution in [0, 0.1) is 0 Å². The molecule has 0 spiro atoms. The highest BCUT2D eigenvalue weighted by atomic mass is 16.2. The summed E-state index contributed by atoms with van der Waals surface area (Å²) >= 11 is 0. The number of carbonyl (C=O) groups is 2. The van der Waals surface area contributed by atoms with Gasteiger partial charge in [0.1, 0.15) is 0 Å². The van der Waals surface area contributed by atoms with Crippen molar-refractivity contribution in [1.82, 2.24) is 15.0 Å². The van der Waals surface area contributed by atoms with Gasteiger partial charge in [0.05, 0.1) is 0 Å². The number of nitrogens with two attached hydrogens (primary N) is 4. The van der Waals surface area contributed by atoms with E-state index in [1.54, 1.807) is 30.3 Å². The van der Waals surface area contributed by atoms with Crippen molar-refractivity contribution in [2.24, 2.45) is 23.2 Å². The molecule has 1 heterocycles. The SMILES string of the molecule is NC(=O)N(N)c1nc(-c2ccccc2)nc(N(N)C(N)=O)n1. The van der Waals surface area contributed by atoms with Crippen molar-refractivity contribution in [1.29, 1.82) is 0 Å². The van der Waals surface area contributed by atoms with Gasteiger partial charge < -0.3 is 11.5 Å². The number of hydrogen-bond acceptors (Lipinski definition) is 7. The Hall–Kier alpha value is -3.31. The first-order valence-corrected chi connectivity index (χ1v) is 5.90. The van der Waals surface area contributed by atoms with Crippen molar-refractivity contribution in [2.75, 3.05) is 10.0 Å². The fourth-order valence-corrected chi connectivity index (χ4v) is 1.48. The molecule has 11 nitrogen and oxygen atoms in total. The average Bonchev–Trinajstić information content (AvgIpc) is 2.53. The van der Waals surface area contributed by atoms with Crippen molar-refractivity contribution in [3.8, 4) is 11.4 Å². The Bertz CT molecular complexity index is 668. The maximum Gasteiger partial charge on any atom is 0.336 e. The Labute approximate surface area is 124 Å². The number of rotatable bonds is 3. The number of aromatic nitrogens is 3. The first-order valence-electron chi connectivity index (χ1n) is 5.90. The van der Waals surface area contributed by atoms with Crippen molar-refractivity contribution in [3.63, 3.8) is 0 Å². The zero-order valence-corrected chi connectivity index (χ0v) is 11.2. The van der Waals surface area contributed by atoms with Crippen LogP contribution in [0.25, 0.3) is 11.4 Å². The third-order valence-corrected chi connectivity index (χ3v) is 2.55. The number of amides is 4. The van der Waals surface area contributed by atoms with Crippen LogP contribution in [0.4, 0.5) is 21.5 Å². The number of hydrogen-bond donors (Lipinski definition) is 4. The third kappa shape index (κ3) is 3.05. The van der Waals surface area contributed by atoms with Crippen molar-refractivity contribution in [3.05, 3.63) is 30.3 Å². The molecule has 11 heteroatoms. The van der Waals surface area contributed by atoms with Crippen LogP contribution in [0.15, 0.2) is 30.3 Å². The summed E-state index contributed by atoms with van der Waals surface area (Å²) in [6.07, 6.45) is 0. The van der Waals surface area contributed by atoms with Gasteiger partial charge in [0.2, 0.25) is 0 Å². The van der Waals surface area contributed by atoms with Crippen LogP contribution < -0.4 is 33.2 Å². The minimum atomic E-state index is -1.00. The molecular weight excluding hydrogens is 290 g/mol. The average molecular weight is 303 g/mol. The predicted molar refractivity (Wildman–Crippen MR) is 77.8 cm³/mol. The van der Waals surface area contributed by atoms with Crippen LogP contribution in [-0.4, -0.2) is 27.0 Å². The normalized spacial score (nSPS) is 10.1. The summed E-state index contributed by atoms with van der Waals surface area (Å²) in [5.74, 6) is 10.5. The second-order valence-electron chi connectivity index (χ2n) is 4.04. The highest BCUT2D eigenvalue weighted by molar-refractivity contribution is 5.89. The van der Waals surface area contributed by atoms with Crippen LogP contribution in [0.5, 0.6) is 0 Å². The fraction of sp³-hybridized carbons (Fsp3) is 0. The van der Waals surface area contributed by atoms with E-state index in [2.05, 4.69) is 15.0 Å². The van der Waals surface area contributed by atoms with Crippen LogP contribution >= 0.6 is 0 Å². The first-order chi connectivity index (χ1) is 10.4. The largest absolute Gasteiger partial charge is 0.350 e. The summed E-state index contributed by atoms with van der Waals surface area (Å²) in [6, 6.07) is 6.71. The van der Waals surface area contributed by atoms with Gasteiger partial charge in [0.25, 0.3) is 11.9 Å². The summed E-state index contributed by atoms with van der Waals surface area (Å²) in [7, 11) is 0. The summed E-state index contributed by atoms with van der Waals surface area (Å²) in [6.45, 7) is 0. The molecule has 0 aliphatic rings. The lowest BCUT2D eigenvalue weighted by Crippen LogP contribution is -2.45. The molecule has 2 rings (SSSR count). The molecule has 0 aliphatic heterocycles. The maximum absolute atomic E-state index is 11.1. The predicted octanol–water partition coefficient (Wildman–Crippen LogP) is -0.944. The van der Waals surface area contributed by atoms with Crippen LogP contribution in [0.2, 0.25) is 0 Å². The monoisotopic (exact) mass is 303 g/mol. The van der Waals surface area contributed by atoms with Crippen LogP contribution in [0.1, 0.15) is 0 Å². The highest BCUT2D eigenvalue weighted by Crippen LogP contribution is 2.19. The molecule has 0 atom stereocenters. The summed E-state index contributed by atoms with van der Waals surface area (Å²) in [5, 5.41) is 0.985. The summed E-state index contributed by atoms with van der Waals surface area (Å²) in [5.41, 5.74) is 10.7. The van der Waals surface area contributed by atoms with Gasteiger partial charge in [-0.25, -0.2) is 21.3 Å². The lowest BCUT2D eigenvalue weighted by Gasteiger charge is -2.16. The van der Waals surface area contributed by atoms with Crippen LogP contribution in [0.3, 0.4) is 0 Å². The zero-order chi connectivity index (χ0) is 16.3. The Morgan fingerprint density at radius 3 is 1.68 bits per heavy atom. The standard InChI is InChI=1S/C11H13N9O2/c12-8(21)19(14)10-16-7(6-4-2-1-3-5-6)17-11(18-10)20(15)9(13)22/h1-5H,14-15H2,(H2,12,21)(H2,13,22). The first kappa shape index (κ1) is 15.1. The number of primary amides is 2. The van der Waals surface area contributed by atoms with E-state index in [-0.39, 0.29) is 17.7 Å². The number of carbonyl (C=O) groups excluding carboxylic acids is 2. The molecule has 8 N–H and O–H groups in total. The van der Waals surface area contributed by atoms with Gasteiger partial charge in [-0.1, -0.05) is 30.3 Å². The lowest BCUT2D eigenvalue weighted by atomic mass is 10.2.